The van der Waals surface area contributed by atoms with Crippen LogP contribution in [0, 0.1) is 0 Å². The van der Waals surface area contributed by atoms with Gasteiger partial charge in [0.1, 0.15) is 0 Å². The molecule has 6 heteroatoms. The molecule has 0 atom stereocenters. The zero-order chi connectivity index (χ0) is 5.58. The topological polar surface area (TPSA) is 110 Å². The van der Waals surface area contributed by atoms with Gasteiger partial charge in [-0.1, -0.05) is 0 Å². The molecule has 2 amide bonds. The summed E-state index contributed by atoms with van der Waals surface area (Å²) < 4.78 is 0. The molecule has 0 unspecified atom stereocenters. The summed E-state index contributed by atoms with van der Waals surface area (Å²) in [7, 11) is 0. The van der Waals surface area contributed by atoms with E-state index in [-0.39, 0.29) is 29.6 Å². The predicted molar refractivity (Wildman–Crippen MR) is 26.2 cm³/mol. The summed E-state index contributed by atoms with van der Waals surface area (Å²) in [5, 5.41) is 12.0. The van der Waals surface area contributed by atoms with Gasteiger partial charge in [0.25, 0.3) is 0 Å². The van der Waals surface area contributed by atoms with E-state index in [1.54, 1.807) is 0 Å². The first kappa shape index (κ1) is 15.7. The quantitative estimate of drug-likeness (QED) is 0.174. The van der Waals surface area contributed by atoms with Crippen LogP contribution in [0.4, 0.5) is 4.79 Å². The van der Waals surface area contributed by atoms with Crippen molar-refractivity contribution < 1.29 is 15.3 Å². The van der Waals surface area contributed by atoms with Gasteiger partial charge in [0.15, 0.2) is 0 Å². The van der Waals surface area contributed by atoms with E-state index in [0.717, 1.165) is 0 Å². The molecular weight excluding hydrogens is 111 g/mol. The van der Waals surface area contributed by atoms with Gasteiger partial charge in [0, 0.05) is 0 Å². The van der Waals surface area contributed by atoms with Crippen molar-refractivity contribution in [2.24, 2.45) is 11.5 Å². The Balaban J connectivity index is -0.0000000480. The van der Waals surface area contributed by atoms with Gasteiger partial charge in [-0.15, -0.1) is 0 Å². The molecule has 6 N–H and O–H groups in total. The second-order valence-electron chi connectivity index (χ2n) is 0.402. The van der Waals surface area contributed by atoms with E-state index in [1.807, 2.05) is 0 Å². The first-order valence-electron chi connectivity index (χ1n) is 0.981. The van der Waals surface area contributed by atoms with Crippen molar-refractivity contribution in [3.05, 3.63) is 0 Å². The van der Waals surface area contributed by atoms with Gasteiger partial charge in [0.2, 0.25) is 0 Å². The van der Waals surface area contributed by atoms with Gasteiger partial charge in [0.05, 0.1) is 0 Å². The predicted octanol–water partition coefficient (Wildman–Crippen LogP) is -1.61. The Hall–Kier alpha value is 0.190. The zero-order valence-corrected chi connectivity index (χ0v) is 2.96. The Kier molecular flexibility index (Phi) is 36.7. The standard InChI is InChI=1S/CH4N2O.Na.H2O2.H/c2-1(3)4;;1-2;/h(H4,2,3,4);;1-2H;. The van der Waals surface area contributed by atoms with Crippen LogP contribution in [0.25, 0.3) is 0 Å². The van der Waals surface area contributed by atoms with Crippen LogP contribution in [-0.4, -0.2) is 46.1 Å². The zero-order valence-electron chi connectivity index (χ0n) is 2.96. The number of carbonyl (C=O) groups is 1. The van der Waals surface area contributed by atoms with Gasteiger partial charge in [-0.2, -0.15) is 0 Å². The van der Waals surface area contributed by atoms with E-state index >= 15 is 0 Å². The third-order valence-electron chi connectivity index (χ3n) is 0. The van der Waals surface area contributed by atoms with E-state index < -0.39 is 6.03 Å². The first-order valence-corrected chi connectivity index (χ1v) is 0.981. The third-order valence-corrected chi connectivity index (χ3v) is 0. The summed E-state index contributed by atoms with van der Waals surface area (Å²) in [5.74, 6) is 0. The molecule has 0 aromatic carbocycles. The molecule has 0 saturated carbocycles. The maximum absolute atomic E-state index is 9.00. The van der Waals surface area contributed by atoms with Gasteiger partial charge < -0.3 is 11.5 Å². The molecule has 0 aliphatic heterocycles. The summed E-state index contributed by atoms with van der Waals surface area (Å²) in [6.45, 7) is 0. The number of hydrogen-bond acceptors (Lipinski definition) is 3. The fourth-order valence-electron chi connectivity index (χ4n) is 0. The number of nitrogens with two attached hydrogens (primary N) is 2. The van der Waals surface area contributed by atoms with Gasteiger partial charge >= 0.3 is 35.6 Å². The summed E-state index contributed by atoms with van der Waals surface area (Å²) >= 11 is 0. The normalized spacial score (nSPS) is 4.29. The van der Waals surface area contributed by atoms with E-state index in [9.17, 15) is 0 Å². The number of amides is 2. The van der Waals surface area contributed by atoms with Crippen molar-refractivity contribution in [1.29, 1.82) is 0 Å². The van der Waals surface area contributed by atoms with E-state index in [2.05, 4.69) is 11.5 Å². The SMILES string of the molecule is NC(N)=O.OO.[NaH]. The molecule has 0 aromatic rings. The van der Waals surface area contributed by atoms with Crippen LogP contribution in [0.1, 0.15) is 0 Å². The average molecular weight is 118 g/mol. The van der Waals surface area contributed by atoms with Crippen LogP contribution >= 0.6 is 0 Å². The summed E-state index contributed by atoms with van der Waals surface area (Å²) in [5.41, 5.74) is 8.50. The number of hydrogen-bond donors (Lipinski definition) is 4. The molecule has 0 heterocycles. The van der Waals surface area contributed by atoms with Crippen molar-refractivity contribution in [3.8, 4) is 0 Å². The molecule has 0 rings (SSSR count). The molecule has 0 aliphatic rings. The third kappa shape index (κ3) is 3010. The number of rotatable bonds is 0. The van der Waals surface area contributed by atoms with Crippen LogP contribution in [0.15, 0.2) is 0 Å². The Morgan fingerprint density at radius 2 is 1.29 bits per heavy atom. The molecule has 7 heavy (non-hydrogen) atoms. The average Bonchev–Trinajstić information content (AvgIpc) is 1.41. The van der Waals surface area contributed by atoms with Crippen LogP contribution in [0.3, 0.4) is 0 Å². The molecule has 0 fully saturated rings. The van der Waals surface area contributed by atoms with Crippen LogP contribution < -0.4 is 11.5 Å². The van der Waals surface area contributed by atoms with E-state index in [1.165, 1.54) is 0 Å². The molecular formula is CH7N2NaO3. The minimum atomic E-state index is -0.833. The summed E-state index contributed by atoms with van der Waals surface area (Å²) in [6, 6.07) is -0.833. The fourth-order valence-corrected chi connectivity index (χ4v) is 0. The molecule has 0 radical (unpaired) electrons. The van der Waals surface area contributed by atoms with Gasteiger partial charge in [-0.05, 0) is 0 Å². The Morgan fingerprint density at radius 1 is 1.29 bits per heavy atom. The van der Waals surface area contributed by atoms with Crippen LogP contribution in [0.2, 0.25) is 0 Å². The molecule has 40 valence electrons. The molecule has 0 aliphatic carbocycles. The van der Waals surface area contributed by atoms with Crippen molar-refractivity contribution >= 4 is 35.6 Å². The molecule has 0 spiro atoms. The maximum atomic E-state index is 9.00. The van der Waals surface area contributed by atoms with Gasteiger partial charge in [-0.3, -0.25) is 10.5 Å². The minimum absolute atomic E-state index is 0. The first-order chi connectivity index (χ1) is 2.73. The molecule has 0 saturated heterocycles. The number of primary amides is 2. The Morgan fingerprint density at radius 3 is 1.29 bits per heavy atom. The number of urea groups is 1. The summed E-state index contributed by atoms with van der Waals surface area (Å²) in [6.07, 6.45) is 0. The van der Waals surface area contributed by atoms with Crippen LogP contribution in [0.5, 0.6) is 0 Å². The van der Waals surface area contributed by atoms with Crippen molar-refractivity contribution in [3.63, 3.8) is 0 Å². The van der Waals surface area contributed by atoms with Crippen molar-refractivity contribution in [1.82, 2.24) is 0 Å². The van der Waals surface area contributed by atoms with E-state index in [4.69, 9.17) is 15.3 Å². The van der Waals surface area contributed by atoms with Crippen molar-refractivity contribution in [2.75, 3.05) is 0 Å². The fraction of sp³-hybridized carbons (Fsp3) is 0. The molecule has 0 aromatic heterocycles. The second kappa shape index (κ2) is 16.4. The monoisotopic (exact) mass is 118 g/mol. The Bertz CT molecular complexity index is 35.9. The van der Waals surface area contributed by atoms with Crippen LogP contribution in [-0.2, 0) is 0 Å². The van der Waals surface area contributed by atoms with Gasteiger partial charge in [-0.25, -0.2) is 4.79 Å². The summed E-state index contributed by atoms with van der Waals surface area (Å²) in [4.78, 5) is 9.00. The van der Waals surface area contributed by atoms with E-state index in [0.29, 0.717) is 0 Å². The molecule has 0 bridgehead atoms. The Labute approximate surface area is 62.5 Å². The van der Waals surface area contributed by atoms with Crippen molar-refractivity contribution in [2.45, 2.75) is 0 Å². The number of carbonyl (C=O) groups excluding carboxylic acids is 1. The second-order valence-corrected chi connectivity index (χ2v) is 0.402. The molecule has 5 nitrogen and oxygen atoms in total.